The smallest absolute Gasteiger partial charge is 0.128 e. The van der Waals surface area contributed by atoms with Crippen LogP contribution in [0.3, 0.4) is 0 Å². The normalized spacial score (nSPS) is 10.5. The maximum Gasteiger partial charge on any atom is 0.128 e. The molecule has 0 atom stereocenters. The van der Waals surface area contributed by atoms with Gasteiger partial charge < -0.3 is 4.74 Å². The van der Waals surface area contributed by atoms with E-state index in [0.717, 1.165) is 17.1 Å². The molecule has 0 aliphatic heterocycles. The van der Waals surface area contributed by atoms with Gasteiger partial charge in [0.05, 0.1) is 0 Å². The van der Waals surface area contributed by atoms with Gasteiger partial charge in [-0.05, 0) is 59.5 Å². The Morgan fingerprint density at radius 3 is 1.69 bits per heavy atom. The van der Waals surface area contributed by atoms with Gasteiger partial charge in [-0.1, -0.05) is 78.4 Å². The van der Waals surface area contributed by atoms with Crippen LogP contribution in [0, 0.1) is 6.92 Å². The molecule has 0 aromatic heterocycles. The molecule has 1 nitrogen and oxygen atoms in total. The molecule has 4 aromatic carbocycles. The summed E-state index contributed by atoms with van der Waals surface area (Å²) in [5, 5.41) is 0. The summed E-state index contributed by atoms with van der Waals surface area (Å²) in [5.41, 5.74) is 6.06. The SMILES string of the molecule is Cc1cccc(-c2cccc(-c3cccc(Oc4ccccc4)c3)c2)c1. The van der Waals surface area contributed by atoms with Crippen LogP contribution in [0.1, 0.15) is 5.56 Å². The third-order valence-corrected chi connectivity index (χ3v) is 4.36. The summed E-state index contributed by atoms with van der Waals surface area (Å²) in [5.74, 6) is 1.69. The van der Waals surface area contributed by atoms with Crippen LogP contribution < -0.4 is 4.74 Å². The van der Waals surface area contributed by atoms with E-state index in [9.17, 15) is 0 Å². The Hall–Kier alpha value is -3.32. The topological polar surface area (TPSA) is 9.23 Å². The summed E-state index contributed by atoms with van der Waals surface area (Å²) in [6, 6.07) is 35.3. The van der Waals surface area contributed by atoms with Crippen LogP contribution in [0.25, 0.3) is 22.3 Å². The van der Waals surface area contributed by atoms with Gasteiger partial charge in [-0.25, -0.2) is 0 Å². The van der Waals surface area contributed by atoms with Crippen LogP contribution in [-0.2, 0) is 0 Å². The standard InChI is InChI=1S/C25H20O/c1-19-8-5-9-20(16-19)21-10-6-11-22(17-21)23-12-7-15-25(18-23)26-24-13-3-2-4-14-24/h2-18H,1H3. The third kappa shape index (κ3) is 3.68. The molecular weight excluding hydrogens is 316 g/mol. The number of benzene rings is 4. The molecule has 0 spiro atoms. The summed E-state index contributed by atoms with van der Waals surface area (Å²) in [4.78, 5) is 0. The minimum absolute atomic E-state index is 0.842. The van der Waals surface area contributed by atoms with Gasteiger partial charge in [-0.2, -0.15) is 0 Å². The molecule has 0 saturated heterocycles. The lowest BCUT2D eigenvalue weighted by Crippen LogP contribution is -1.86. The van der Waals surface area contributed by atoms with Crippen molar-refractivity contribution in [2.24, 2.45) is 0 Å². The number of hydrogen-bond donors (Lipinski definition) is 0. The first kappa shape index (κ1) is 16.2. The minimum Gasteiger partial charge on any atom is -0.457 e. The second-order valence-corrected chi connectivity index (χ2v) is 6.39. The largest absolute Gasteiger partial charge is 0.457 e. The van der Waals surface area contributed by atoms with Gasteiger partial charge in [-0.3, -0.25) is 0 Å². The predicted octanol–water partition coefficient (Wildman–Crippen LogP) is 7.12. The number of para-hydroxylation sites is 1. The highest BCUT2D eigenvalue weighted by molar-refractivity contribution is 5.74. The zero-order chi connectivity index (χ0) is 17.8. The Labute approximate surface area is 154 Å². The molecule has 0 aliphatic rings. The molecule has 0 heterocycles. The second kappa shape index (κ2) is 7.28. The molecule has 126 valence electrons. The van der Waals surface area contributed by atoms with E-state index in [4.69, 9.17) is 4.74 Å². The Bertz CT molecular complexity index is 1020. The molecule has 0 bridgehead atoms. The second-order valence-electron chi connectivity index (χ2n) is 6.39. The van der Waals surface area contributed by atoms with E-state index in [1.807, 2.05) is 42.5 Å². The summed E-state index contributed by atoms with van der Waals surface area (Å²) < 4.78 is 5.97. The van der Waals surface area contributed by atoms with Crippen molar-refractivity contribution in [1.82, 2.24) is 0 Å². The third-order valence-electron chi connectivity index (χ3n) is 4.36. The molecule has 0 N–H and O–H groups in total. The number of rotatable bonds is 4. The molecule has 0 radical (unpaired) electrons. The van der Waals surface area contributed by atoms with Crippen LogP contribution in [0.2, 0.25) is 0 Å². The van der Waals surface area contributed by atoms with Crippen molar-refractivity contribution in [1.29, 1.82) is 0 Å². The molecule has 26 heavy (non-hydrogen) atoms. The highest BCUT2D eigenvalue weighted by Gasteiger charge is 2.04. The van der Waals surface area contributed by atoms with E-state index in [-0.39, 0.29) is 0 Å². The first-order valence-electron chi connectivity index (χ1n) is 8.78. The van der Waals surface area contributed by atoms with Gasteiger partial charge in [-0.15, -0.1) is 0 Å². The molecule has 0 unspecified atom stereocenters. The first-order chi connectivity index (χ1) is 12.8. The van der Waals surface area contributed by atoms with Crippen molar-refractivity contribution in [3.05, 3.63) is 109 Å². The quantitative estimate of drug-likeness (QED) is 0.385. The van der Waals surface area contributed by atoms with Crippen molar-refractivity contribution in [3.8, 4) is 33.8 Å². The first-order valence-corrected chi connectivity index (χ1v) is 8.78. The van der Waals surface area contributed by atoms with Crippen LogP contribution in [0.4, 0.5) is 0 Å². The lowest BCUT2D eigenvalue weighted by Gasteiger charge is -2.09. The maximum atomic E-state index is 5.97. The van der Waals surface area contributed by atoms with E-state index < -0.39 is 0 Å². The van der Waals surface area contributed by atoms with Crippen molar-refractivity contribution in [2.45, 2.75) is 6.92 Å². The molecule has 1 heteroatoms. The Balaban J connectivity index is 1.66. The fourth-order valence-electron chi connectivity index (χ4n) is 3.07. The molecule has 0 fully saturated rings. The number of ether oxygens (including phenoxy) is 1. The monoisotopic (exact) mass is 336 g/mol. The summed E-state index contributed by atoms with van der Waals surface area (Å²) in [7, 11) is 0. The van der Waals surface area contributed by atoms with E-state index in [0.29, 0.717) is 0 Å². The Kier molecular flexibility index (Phi) is 4.53. The lowest BCUT2D eigenvalue weighted by molar-refractivity contribution is 0.483. The maximum absolute atomic E-state index is 5.97. The summed E-state index contributed by atoms with van der Waals surface area (Å²) in [6.45, 7) is 2.12. The predicted molar refractivity (Wildman–Crippen MR) is 109 cm³/mol. The average molecular weight is 336 g/mol. The number of aryl methyl sites for hydroxylation is 1. The minimum atomic E-state index is 0.842. The highest BCUT2D eigenvalue weighted by Crippen LogP contribution is 2.30. The van der Waals surface area contributed by atoms with Crippen molar-refractivity contribution < 1.29 is 4.74 Å². The molecule has 4 aromatic rings. The van der Waals surface area contributed by atoms with E-state index in [1.54, 1.807) is 0 Å². The Morgan fingerprint density at radius 1 is 0.462 bits per heavy atom. The van der Waals surface area contributed by atoms with Crippen LogP contribution in [0.15, 0.2) is 103 Å². The average Bonchev–Trinajstić information content (AvgIpc) is 2.69. The highest BCUT2D eigenvalue weighted by atomic mass is 16.5. The molecule has 4 rings (SSSR count). The Morgan fingerprint density at radius 2 is 1.00 bits per heavy atom. The van der Waals surface area contributed by atoms with Crippen molar-refractivity contribution in [2.75, 3.05) is 0 Å². The van der Waals surface area contributed by atoms with Gasteiger partial charge >= 0.3 is 0 Å². The van der Waals surface area contributed by atoms with E-state index in [2.05, 4.69) is 67.6 Å². The fraction of sp³-hybridized carbons (Fsp3) is 0.0400. The lowest BCUT2D eigenvalue weighted by atomic mass is 9.98. The van der Waals surface area contributed by atoms with Crippen molar-refractivity contribution in [3.63, 3.8) is 0 Å². The number of hydrogen-bond acceptors (Lipinski definition) is 1. The van der Waals surface area contributed by atoms with Crippen LogP contribution >= 0.6 is 0 Å². The van der Waals surface area contributed by atoms with Gasteiger partial charge in [0, 0.05) is 0 Å². The zero-order valence-electron chi connectivity index (χ0n) is 14.7. The van der Waals surface area contributed by atoms with E-state index in [1.165, 1.54) is 22.3 Å². The zero-order valence-corrected chi connectivity index (χ0v) is 14.7. The molecule has 0 aliphatic carbocycles. The molecular formula is C25H20O. The molecule has 0 amide bonds. The summed E-state index contributed by atoms with van der Waals surface area (Å²) >= 11 is 0. The van der Waals surface area contributed by atoms with E-state index >= 15 is 0 Å². The van der Waals surface area contributed by atoms with Gasteiger partial charge in [0.2, 0.25) is 0 Å². The van der Waals surface area contributed by atoms with Crippen LogP contribution in [-0.4, -0.2) is 0 Å². The fourth-order valence-corrected chi connectivity index (χ4v) is 3.07. The van der Waals surface area contributed by atoms with Gasteiger partial charge in [0.15, 0.2) is 0 Å². The van der Waals surface area contributed by atoms with Crippen molar-refractivity contribution >= 4 is 0 Å². The molecule has 0 saturated carbocycles. The van der Waals surface area contributed by atoms with Gasteiger partial charge in [0.25, 0.3) is 0 Å². The summed E-state index contributed by atoms with van der Waals surface area (Å²) in [6.07, 6.45) is 0. The van der Waals surface area contributed by atoms with Crippen LogP contribution in [0.5, 0.6) is 11.5 Å². The van der Waals surface area contributed by atoms with Gasteiger partial charge in [0.1, 0.15) is 11.5 Å².